The minimum absolute atomic E-state index is 0.0509. The molecule has 0 saturated heterocycles. The van der Waals surface area contributed by atoms with E-state index in [2.05, 4.69) is 15.3 Å². The van der Waals surface area contributed by atoms with Gasteiger partial charge in [-0.1, -0.05) is 30.4 Å². The number of halogens is 1. The van der Waals surface area contributed by atoms with Crippen molar-refractivity contribution in [1.82, 2.24) is 9.78 Å². The normalized spacial score (nSPS) is 11.6. The van der Waals surface area contributed by atoms with E-state index in [0.717, 1.165) is 5.56 Å². The van der Waals surface area contributed by atoms with Crippen LogP contribution in [0.2, 0.25) is 0 Å². The average molecular weight is 438 g/mol. The van der Waals surface area contributed by atoms with Crippen LogP contribution in [-0.4, -0.2) is 26.0 Å². The second-order valence-electron chi connectivity index (χ2n) is 7.29. The summed E-state index contributed by atoms with van der Waals surface area (Å²) in [6, 6.07) is 9.37. The lowest BCUT2D eigenvalue weighted by atomic mass is 10.1. The highest BCUT2D eigenvalue weighted by molar-refractivity contribution is 5.76. The number of benzene rings is 2. The van der Waals surface area contributed by atoms with Gasteiger partial charge in [0.1, 0.15) is 17.3 Å². The first-order valence-electron chi connectivity index (χ1n) is 9.95. The Bertz CT molecular complexity index is 1260. The standard InChI is InChI=1S/C23H23FN4O4/c1-14-8-11-18(24)13-17(14)10-9-16-5-3-6-19(22(16)31)25-26-21-15(2)27-28(23(21)32)12-4-7-20(29)30/h3,5-6,8-11,13,27,31H,4,7,12H2,1-2H3,(H,29,30)/b10-9-,26-25?. The average Bonchev–Trinajstić information content (AvgIpc) is 3.01. The molecule has 0 spiro atoms. The third-order valence-corrected chi connectivity index (χ3v) is 4.87. The molecule has 3 aromatic rings. The number of aliphatic carboxylic acids is 1. The third kappa shape index (κ3) is 5.37. The highest BCUT2D eigenvalue weighted by Crippen LogP contribution is 2.32. The molecule has 1 aromatic heterocycles. The lowest BCUT2D eigenvalue weighted by Gasteiger charge is -2.03. The molecule has 0 unspecified atom stereocenters. The van der Waals surface area contributed by atoms with E-state index in [1.807, 2.05) is 6.92 Å². The van der Waals surface area contributed by atoms with Crippen molar-refractivity contribution in [2.45, 2.75) is 33.2 Å². The maximum Gasteiger partial charge on any atom is 0.303 e. The van der Waals surface area contributed by atoms with Crippen LogP contribution in [0.4, 0.5) is 15.8 Å². The summed E-state index contributed by atoms with van der Waals surface area (Å²) in [6.45, 7) is 3.73. The van der Waals surface area contributed by atoms with Gasteiger partial charge in [-0.05, 0) is 49.6 Å². The zero-order chi connectivity index (χ0) is 23.3. The Morgan fingerprint density at radius 1 is 1.16 bits per heavy atom. The van der Waals surface area contributed by atoms with Gasteiger partial charge >= 0.3 is 5.97 Å². The molecule has 0 saturated carbocycles. The van der Waals surface area contributed by atoms with Crippen LogP contribution in [0.15, 0.2) is 51.4 Å². The molecule has 0 bridgehead atoms. The lowest BCUT2D eigenvalue weighted by Crippen LogP contribution is -2.17. The van der Waals surface area contributed by atoms with E-state index in [1.54, 1.807) is 43.3 Å². The fourth-order valence-corrected chi connectivity index (χ4v) is 3.10. The van der Waals surface area contributed by atoms with Crippen molar-refractivity contribution in [3.05, 3.63) is 75.0 Å². The number of hydrogen-bond donors (Lipinski definition) is 3. The molecule has 0 amide bonds. The van der Waals surface area contributed by atoms with Gasteiger partial charge in [0.05, 0.1) is 5.69 Å². The number of aromatic amines is 1. The molecule has 32 heavy (non-hydrogen) atoms. The Balaban J connectivity index is 1.82. The number of phenols is 1. The fraction of sp³-hybridized carbons (Fsp3) is 0.217. The lowest BCUT2D eigenvalue weighted by molar-refractivity contribution is -0.137. The number of carboxylic acid groups (broad SMARTS) is 1. The number of rotatable bonds is 8. The van der Waals surface area contributed by atoms with Crippen LogP contribution in [0.5, 0.6) is 5.75 Å². The highest BCUT2D eigenvalue weighted by atomic mass is 19.1. The first kappa shape index (κ1) is 22.7. The number of carboxylic acids is 1. The first-order chi connectivity index (χ1) is 15.3. The van der Waals surface area contributed by atoms with Gasteiger partial charge in [0, 0.05) is 18.5 Å². The predicted molar refractivity (Wildman–Crippen MR) is 119 cm³/mol. The van der Waals surface area contributed by atoms with Crippen molar-refractivity contribution in [1.29, 1.82) is 0 Å². The smallest absolute Gasteiger partial charge is 0.303 e. The predicted octanol–water partition coefficient (Wildman–Crippen LogP) is 5.09. The van der Waals surface area contributed by atoms with Gasteiger partial charge in [0.25, 0.3) is 5.56 Å². The summed E-state index contributed by atoms with van der Waals surface area (Å²) in [7, 11) is 0. The first-order valence-corrected chi connectivity index (χ1v) is 9.95. The molecule has 0 fully saturated rings. The summed E-state index contributed by atoms with van der Waals surface area (Å²) in [6.07, 6.45) is 3.59. The van der Waals surface area contributed by atoms with Crippen molar-refractivity contribution >= 4 is 29.5 Å². The SMILES string of the molecule is Cc1ccc(F)cc1/C=C\c1cccc(N=Nc2c(C)[nH]n(CCCC(=O)O)c2=O)c1O. The molecule has 3 N–H and O–H groups in total. The van der Waals surface area contributed by atoms with Gasteiger partial charge in [-0.3, -0.25) is 19.4 Å². The number of H-pyrrole nitrogens is 1. The van der Waals surface area contributed by atoms with E-state index in [1.165, 1.54) is 16.8 Å². The molecular weight excluding hydrogens is 415 g/mol. The van der Waals surface area contributed by atoms with Crippen molar-refractivity contribution < 1.29 is 19.4 Å². The summed E-state index contributed by atoms with van der Waals surface area (Å²) in [5, 5.41) is 30.2. The topological polar surface area (TPSA) is 120 Å². The Hall–Kier alpha value is -4.01. The number of carbonyl (C=O) groups is 1. The van der Waals surface area contributed by atoms with Crippen molar-refractivity contribution in [3.63, 3.8) is 0 Å². The molecule has 0 aliphatic rings. The van der Waals surface area contributed by atoms with Gasteiger partial charge in [-0.15, -0.1) is 10.2 Å². The van der Waals surface area contributed by atoms with Crippen LogP contribution in [0.1, 0.15) is 35.2 Å². The molecule has 0 aliphatic carbocycles. The number of nitrogens with zero attached hydrogens (tertiary/aromatic N) is 3. The second kappa shape index (κ2) is 9.86. The number of azo groups is 1. The Morgan fingerprint density at radius 2 is 1.91 bits per heavy atom. The van der Waals surface area contributed by atoms with Crippen LogP contribution in [0.3, 0.4) is 0 Å². The zero-order valence-electron chi connectivity index (χ0n) is 17.7. The molecule has 0 aliphatic heterocycles. The van der Waals surface area contributed by atoms with E-state index in [-0.39, 0.29) is 35.9 Å². The van der Waals surface area contributed by atoms with Crippen LogP contribution < -0.4 is 5.56 Å². The number of aromatic hydroxyl groups is 1. The molecule has 0 radical (unpaired) electrons. The summed E-state index contributed by atoms with van der Waals surface area (Å²) < 4.78 is 14.8. The molecule has 166 valence electrons. The second-order valence-corrected chi connectivity index (χ2v) is 7.29. The van der Waals surface area contributed by atoms with Gasteiger partial charge < -0.3 is 10.2 Å². The number of para-hydroxylation sites is 1. The number of phenolic OH excluding ortho intramolecular Hbond substituents is 1. The fourth-order valence-electron chi connectivity index (χ4n) is 3.10. The van der Waals surface area contributed by atoms with Gasteiger partial charge in [0.15, 0.2) is 5.69 Å². The Labute approximate surface area is 183 Å². The highest BCUT2D eigenvalue weighted by Gasteiger charge is 2.12. The molecule has 8 nitrogen and oxygen atoms in total. The van der Waals surface area contributed by atoms with Crippen LogP contribution in [0.25, 0.3) is 12.2 Å². The summed E-state index contributed by atoms with van der Waals surface area (Å²) >= 11 is 0. The van der Waals surface area contributed by atoms with Gasteiger partial charge in [-0.2, -0.15) is 0 Å². The van der Waals surface area contributed by atoms with E-state index >= 15 is 0 Å². The largest absolute Gasteiger partial charge is 0.505 e. The minimum atomic E-state index is -0.932. The molecule has 0 atom stereocenters. The maximum absolute atomic E-state index is 13.5. The van der Waals surface area contributed by atoms with Gasteiger partial charge in [-0.25, -0.2) is 4.39 Å². The molecule has 1 heterocycles. The van der Waals surface area contributed by atoms with Crippen molar-refractivity contribution in [2.24, 2.45) is 10.2 Å². The molecule has 3 rings (SSSR count). The van der Waals surface area contributed by atoms with Crippen LogP contribution in [0, 0.1) is 19.7 Å². The minimum Gasteiger partial charge on any atom is -0.505 e. The number of aromatic nitrogens is 2. The zero-order valence-corrected chi connectivity index (χ0v) is 17.7. The van der Waals surface area contributed by atoms with E-state index < -0.39 is 11.5 Å². The van der Waals surface area contributed by atoms with Crippen molar-refractivity contribution in [3.8, 4) is 5.75 Å². The van der Waals surface area contributed by atoms with Crippen LogP contribution >= 0.6 is 0 Å². The number of hydrogen-bond acceptors (Lipinski definition) is 5. The number of aryl methyl sites for hydroxylation is 3. The van der Waals surface area contributed by atoms with E-state index in [0.29, 0.717) is 23.2 Å². The summed E-state index contributed by atoms with van der Waals surface area (Å²) in [5.74, 6) is -1.41. The van der Waals surface area contributed by atoms with E-state index in [9.17, 15) is 19.1 Å². The molecule has 2 aromatic carbocycles. The van der Waals surface area contributed by atoms with E-state index in [4.69, 9.17) is 5.11 Å². The maximum atomic E-state index is 13.5. The van der Waals surface area contributed by atoms with Crippen LogP contribution in [-0.2, 0) is 11.3 Å². The number of nitrogens with one attached hydrogen (secondary N) is 1. The van der Waals surface area contributed by atoms with Gasteiger partial charge in [0.2, 0.25) is 0 Å². The molecule has 9 heteroatoms. The van der Waals surface area contributed by atoms with Crippen molar-refractivity contribution in [2.75, 3.05) is 0 Å². The summed E-state index contributed by atoms with van der Waals surface area (Å²) in [4.78, 5) is 23.1. The summed E-state index contributed by atoms with van der Waals surface area (Å²) in [5.41, 5.74) is 2.34. The molecular formula is C23H23FN4O4. The quantitative estimate of drug-likeness (QED) is 0.335. The monoisotopic (exact) mass is 438 g/mol. The Morgan fingerprint density at radius 3 is 2.66 bits per heavy atom. The third-order valence-electron chi connectivity index (χ3n) is 4.87. The Kier molecular flexibility index (Phi) is 6.99.